The van der Waals surface area contributed by atoms with Gasteiger partial charge >= 0.3 is 0 Å². The van der Waals surface area contributed by atoms with Gasteiger partial charge in [0.1, 0.15) is 5.82 Å². The number of rotatable bonds is 2. The second-order valence-electron chi connectivity index (χ2n) is 4.30. The Labute approximate surface area is 120 Å². The van der Waals surface area contributed by atoms with Gasteiger partial charge in [-0.1, -0.05) is 15.9 Å². The summed E-state index contributed by atoms with van der Waals surface area (Å²) < 4.78 is 14.3. The van der Waals surface area contributed by atoms with Crippen LogP contribution in [0.3, 0.4) is 0 Å². The maximum atomic E-state index is 13.5. The standard InChI is InChI=1S/C12H14BrFN2O.ClH/c13-9-1-2-11(14)8(5-9)6-12(17)16-4-3-10(15)7-16;/h1-2,5,10H,3-4,6-7,15H2;1H/t10-;/m0./s1. The van der Waals surface area contributed by atoms with Crippen LogP contribution in [0.5, 0.6) is 0 Å². The molecule has 0 bridgehead atoms. The van der Waals surface area contributed by atoms with E-state index in [4.69, 9.17) is 5.73 Å². The summed E-state index contributed by atoms with van der Waals surface area (Å²) in [5, 5.41) is 0. The molecule has 1 aliphatic rings. The molecule has 1 amide bonds. The van der Waals surface area contributed by atoms with E-state index in [1.54, 1.807) is 17.0 Å². The Kier molecular flexibility index (Phi) is 5.56. The molecule has 6 heteroatoms. The summed E-state index contributed by atoms with van der Waals surface area (Å²) in [6.07, 6.45) is 0.921. The van der Waals surface area contributed by atoms with Gasteiger partial charge in [0.25, 0.3) is 0 Å². The van der Waals surface area contributed by atoms with Crippen LogP contribution in [0, 0.1) is 5.82 Å². The van der Waals surface area contributed by atoms with E-state index in [1.165, 1.54) is 6.07 Å². The molecule has 0 aromatic heterocycles. The van der Waals surface area contributed by atoms with Crippen LogP contribution >= 0.6 is 28.3 Å². The number of benzene rings is 1. The Morgan fingerprint density at radius 3 is 2.89 bits per heavy atom. The Morgan fingerprint density at radius 1 is 1.56 bits per heavy atom. The predicted molar refractivity (Wildman–Crippen MR) is 74.2 cm³/mol. The zero-order valence-electron chi connectivity index (χ0n) is 9.73. The van der Waals surface area contributed by atoms with Crippen LogP contribution in [-0.2, 0) is 11.2 Å². The van der Waals surface area contributed by atoms with Crippen LogP contribution in [-0.4, -0.2) is 29.9 Å². The van der Waals surface area contributed by atoms with Crippen molar-refractivity contribution in [1.29, 1.82) is 0 Å². The molecule has 0 aliphatic carbocycles. The average molecular weight is 338 g/mol. The number of likely N-dealkylation sites (tertiary alicyclic amines) is 1. The predicted octanol–water partition coefficient (Wildman–Crippen LogP) is 2.11. The fourth-order valence-electron chi connectivity index (χ4n) is 1.97. The third-order valence-corrected chi connectivity index (χ3v) is 3.42. The molecule has 1 aromatic carbocycles. The summed E-state index contributed by atoms with van der Waals surface area (Å²) in [5.74, 6) is -0.403. The topological polar surface area (TPSA) is 46.3 Å². The second kappa shape index (κ2) is 6.50. The molecule has 0 spiro atoms. The smallest absolute Gasteiger partial charge is 0.227 e. The molecule has 0 unspecified atom stereocenters. The van der Waals surface area contributed by atoms with Gasteiger partial charge in [0.05, 0.1) is 6.42 Å². The van der Waals surface area contributed by atoms with E-state index in [2.05, 4.69) is 15.9 Å². The highest BCUT2D eigenvalue weighted by Gasteiger charge is 2.24. The van der Waals surface area contributed by atoms with Crippen LogP contribution in [0.4, 0.5) is 4.39 Å². The molecule has 1 aromatic rings. The summed E-state index contributed by atoms with van der Waals surface area (Å²) >= 11 is 3.27. The molecule has 1 atom stereocenters. The fourth-order valence-corrected chi connectivity index (χ4v) is 2.38. The van der Waals surface area contributed by atoms with Gasteiger partial charge in [-0.3, -0.25) is 4.79 Å². The van der Waals surface area contributed by atoms with Gasteiger partial charge in [-0.25, -0.2) is 4.39 Å². The van der Waals surface area contributed by atoms with Crippen molar-refractivity contribution >= 4 is 34.2 Å². The van der Waals surface area contributed by atoms with Crippen molar-refractivity contribution in [2.24, 2.45) is 5.73 Å². The zero-order valence-corrected chi connectivity index (χ0v) is 12.1. The van der Waals surface area contributed by atoms with Crippen molar-refractivity contribution in [3.8, 4) is 0 Å². The lowest BCUT2D eigenvalue weighted by atomic mass is 10.1. The molecule has 1 saturated heterocycles. The Balaban J connectivity index is 0.00000162. The van der Waals surface area contributed by atoms with Gasteiger partial charge in [0, 0.05) is 23.6 Å². The number of hydrogen-bond donors (Lipinski definition) is 1. The first-order valence-electron chi connectivity index (χ1n) is 5.53. The number of amides is 1. The normalized spacial score (nSPS) is 18.6. The monoisotopic (exact) mass is 336 g/mol. The third-order valence-electron chi connectivity index (χ3n) is 2.93. The van der Waals surface area contributed by atoms with Crippen LogP contribution in [0.25, 0.3) is 0 Å². The Morgan fingerprint density at radius 2 is 2.28 bits per heavy atom. The number of carbonyl (C=O) groups is 1. The average Bonchev–Trinajstić information content (AvgIpc) is 2.70. The van der Waals surface area contributed by atoms with Gasteiger partial charge in [-0.2, -0.15) is 0 Å². The van der Waals surface area contributed by atoms with E-state index < -0.39 is 0 Å². The molecule has 100 valence electrons. The zero-order chi connectivity index (χ0) is 12.4. The first-order valence-corrected chi connectivity index (χ1v) is 6.33. The van der Waals surface area contributed by atoms with Gasteiger partial charge < -0.3 is 10.6 Å². The molecule has 1 heterocycles. The lowest BCUT2D eigenvalue weighted by Crippen LogP contribution is -2.33. The van der Waals surface area contributed by atoms with Crippen molar-refractivity contribution in [2.45, 2.75) is 18.9 Å². The molecular weight excluding hydrogens is 323 g/mol. The van der Waals surface area contributed by atoms with Crippen LogP contribution in [0.1, 0.15) is 12.0 Å². The number of hydrogen-bond acceptors (Lipinski definition) is 2. The molecule has 1 fully saturated rings. The molecule has 1 aliphatic heterocycles. The summed E-state index contributed by atoms with van der Waals surface area (Å²) in [7, 11) is 0. The number of nitrogens with two attached hydrogens (primary N) is 1. The highest BCUT2D eigenvalue weighted by molar-refractivity contribution is 9.10. The molecule has 0 saturated carbocycles. The highest BCUT2D eigenvalue weighted by atomic mass is 79.9. The van der Waals surface area contributed by atoms with Crippen molar-refractivity contribution in [1.82, 2.24) is 4.90 Å². The summed E-state index contributed by atoms with van der Waals surface area (Å²) in [4.78, 5) is 13.6. The Hall–Kier alpha value is -0.650. The third kappa shape index (κ3) is 3.67. The van der Waals surface area contributed by atoms with Crippen LogP contribution in [0.15, 0.2) is 22.7 Å². The van der Waals surface area contributed by atoms with Gasteiger partial charge in [-0.15, -0.1) is 12.4 Å². The molecule has 18 heavy (non-hydrogen) atoms. The SMILES string of the molecule is Cl.N[C@H]1CCN(C(=O)Cc2cc(Br)ccc2F)C1. The van der Waals surface area contributed by atoms with E-state index in [9.17, 15) is 9.18 Å². The highest BCUT2D eigenvalue weighted by Crippen LogP contribution is 2.17. The van der Waals surface area contributed by atoms with Crippen molar-refractivity contribution in [3.63, 3.8) is 0 Å². The molecule has 2 rings (SSSR count). The number of nitrogens with zero attached hydrogens (tertiary/aromatic N) is 1. The first-order chi connectivity index (χ1) is 8.06. The Bertz CT molecular complexity index is 444. The van der Waals surface area contributed by atoms with E-state index in [0.29, 0.717) is 18.7 Å². The van der Waals surface area contributed by atoms with E-state index >= 15 is 0 Å². The first kappa shape index (κ1) is 15.4. The maximum absolute atomic E-state index is 13.5. The minimum absolute atomic E-state index is 0. The summed E-state index contributed by atoms with van der Waals surface area (Å²) in [6.45, 7) is 1.25. The molecule has 3 nitrogen and oxygen atoms in total. The van der Waals surface area contributed by atoms with Gasteiger partial charge in [-0.05, 0) is 30.2 Å². The van der Waals surface area contributed by atoms with Crippen LogP contribution in [0.2, 0.25) is 0 Å². The summed E-state index contributed by atoms with van der Waals surface area (Å²) in [5.41, 5.74) is 6.16. The minimum Gasteiger partial charge on any atom is -0.341 e. The molecular formula is C12H15BrClFN2O. The van der Waals surface area contributed by atoms with Crippen molar-refractivity contribution < 1.29 is 9.18 Å². The van der Waals surface area contributed by atoms with E-state index in [-0.39, 0.29) is 36.6 Å². The van der Waals surface area contributed by atoms with Crippen molar-refractivity contribution in [2.75, 3.05) is 13.1 Å². The molecule has 0 radical (unpaired) electrons. The van der Waals surface area contributed by atoms with Crippen LogP contribution < -0.4 is 5.73 Å². The lowest BCUT2D eigenvalue weighted by molar-refractivity contribution is -0.129. The number of halogens is 3. The second-order valence-corrected chi connectivity index (χ2v) is 5.22. The molecule has 2 N–H and O–H groups in total. The fraction of sp³-hybridized carbons (Fsp3) is 0.417. The largest absolute Gasteiger partial charge is 0.341 e. The van der Waals surface area contributed by atoms with Gasteiger partial charge in [0.15, 0.2) is 0 Å². The summed E-state index contributed by atoms with van der Waals surface area (Å²) in [6, 6.07) is 4.69. The van der Waals surface area contributed by atoms with E-state index in [1.807, 2.05) is 0 Å². The number of carbonyl (C=O) groups excluding carboxylic acids is 1. The minimum atomic E-state index is -0.343. The van der Waals surface area contributed by atoms with Crippen molar-refractivity contribution in [3.05, 3.63) is 34.1 Å². The maximum Gasteiger partial charge on any atom is 0.227 e. The lowest BCUT2D eigenvalue weighted by Gasteiger charge is -2.16. The van der Waals surface area contributed by atoms with Gasteiger partial charge in [0.2, 0.25) is 5.91 Å². The quantitative estimate of drug-likeness (QED) is 0.898. The van der Waals surface area contributed by atoms with E-state index in [0.717, 1.165) is 10.9 Å².